The van der Waals surface area contributed by atoms with E-state index in [1.54, 1.807) is 11.3 Å². The standard InChI is InChI=1S/C14H26N2OS/c1-5-13-16-12(9-18-13)8-15-10-14(4,17)7-6-11(2)3/h9,11,15,17H,5-8,10H2,1-4H3. The number of nitrogens with one attached hydrogen (secondary N) is 1. The van der Waals surface area contributed by atoms with Gasteiger partial charge in [-0.2, -0.15) is 0 Å². The average molecular weight is 270 g/mol. The van der Waals surface area contributed by atoms with Crippen LogP contribution in [0.4, 0.5) is 0 Å². The molecule has 1 aromatic rings. The maximum Gasteiger partial charge on any atom is 0.0926 e. The largest absolute Gasteiger partial charge is 0.389 e. The Balaban J connectivity index is 2.27. The highest BCUT2D eigenvalue weighted by Crippen LogP contribution is 2.16. The van der Waals surface area contributed by atoms with Crippen LogP contribution in [0.25, 0.3) is 0 Å². The van der Waals surface area contributed by atoms with Gasteiger partial charge in [0.2, 0.25) is 0 Å². The molecule has 0 fully saturated rings. The molecular weight excluding hydrogens is 244 g/mol. The van der Waals surface area contributed by atoms with E-state index >= 15 is 0 Å². The third kappa shape index (κ3) is 5.94. The first-order chi connectivity index (χ1) is 8.43. The molecule has 0 amide bonds. The maximum atomic E-state index is 10.2. The molecule has 0 aliphatic rings. The van der Waals surface area contributed by atoms with Crippen molar-refractivity contribution in [1.82, 2.24) is 10.3 Å². The molecule has 2 N–H and O–H groups in total. The molecular formula is C14H26N2OS. The van der Waals surface area contributed by atoms with Gasteiger partial charge in [0.05, 0.1) is 16.3 Å². The van der Waals surface area contributed by atoms with Crippen LogP contribution in [-0.2, 0) is 13.0 Å². The van der Waals surface area contributed by atoms with Gasteiger partial charge in [0, 0.05) is 18.5 Å². The van der Waals surface area contributed by atoms with Crippen LogP contribution in [0.2, 0.25) is 0 Å². The normalized spacial score (nSPS) is 15.0. The molecule has 104 valence electrons. The lowest BCUT2D eigenvalue weighted by Gasteiger charge is -2.24. The molecule has 0 saturated heterocycles. The van der Waals surface area contributed by atoms with E-state index in [0.29, 0.717) is 12.5 Å². The molecule has 1 heterocycles. The quantitative estimate of drug-likeness (QED) is 0.763. The molecule has 1 atom stereocenters. The zero-order valence-corrected chi connectivity index (χ0v) is 12.8. The van der Waals surface area contributed by atoms with Crippen molar-refractivity contribution >= 4 is 11.3 Å². The number of aromatic nitrogens is 1. The van der Waals surface area contributed by atoms with Crippen LogP contribution in [0.3, 0.4) is 0 Å². The predicted octanol–water partition coefficient (Wildman–Crippen LogP) is 2.98. The van der Waals surface area contributed by atoms with Crippen LogP contribution < -0.4 is 5.32 Å². The minimum atomic E-state index is -0.617. The summed E-state index contributed by atoms with van der Waals surface area (Å²) in [5.41, 5.74) is 0.463. The fourth-order valence-electron chi connectivity index (χ4n) is 1.74. The van der Waals surface area contributed by atoms with E-state index in [-0.39, 0.29) is 0 Å². The number of aryl methyl sites for hydroxylation is 1. The van der Waals surface area contributed by atoms with E-state index in [1.165, 1.54) is 5.01 Å². The van der Waals surface area contributed by atoms with Crippen molar-refractivity contribution in [1.29, 1.82) is 0 Å². The molecule has 0 radical (unpaired) electrons. The molecule has 0 aliphatic carbocycles. The number of nitrogens with zero attached hydrogens (tertiary/aromatic N) is 1. The SMILES string of the molecule is CCc1nc(CNCC(C)(O)CCC(C)C)cs1. The predicted molar refractivity (Wildman–Crippen MR) is 77.9 cm³/mol. The second kappa shape index (κ2) is 7.22. The Hall–Kier alpha value is -0.450. The summed E-state index contributed by atoms with van der Waals surface area (Å²) in [6, 6.07) is 0. The molecule has 18 heavy (non-hydrogen) atoms. The Morgan fingerprint density at radius 2 is 2.22 bits per heavy atom. The van der Waals surface area contributed by atoms with Crippen molar-refractivity contribution in [3.8, 4) is 0 Å². The lowest BCUT2D eigenvalue weighted by atomic mass is 9.95. The minimum absolute atomic E-state index is 0.617. The van der Waals surface area contributed by atoms with Crippen LogP contribution in [0.1, 0.15) is 51.2 Å². The summed E-state index contributed by atoms with van der Waals surface area (Å²) in [5, 5.41) is 16.8. The van der Waals surface area contributed by atoms with Gasteiger partial charge in [-0.3, -0.25) is 0 Å². The Kier molecular flexibility index (Phi) is 6.26. The van der Waals surface area contributed by atoms with Crippen molar-refractivity contribution in [2.75, 3.05) is 6.54 Å². The van der Waals surface area contributed by atoms with Gasteiger partial charge in [-0.25, -0.2) is 4.98 Å². The number of thiazole rings is 1. The van der Waals surface area contributed by atoms with Crippen LogP contribution in [0.5, 0.6) is 0 Å². The van der Waals surface area contributed by atoms with Crippen molar-refractivity contribution < 1.29 is 5.11 Å². The van der Waals surface area contributed by atoms with E-state index < -0.39 is 5.60 Å². The average Bonchev–Trinajstić information content (AvgIpc) is 2.74. The third-order valence-corrected chi connectivity index (χ3v) is 4.02. The highest BCUT2D eigenvalue weighted by molar-refractivity contribution is 7.09. The van der Waals surface area contributed by atoms with Gasteiger partial charge >= 0.3 is 0 Å². The highest BCUT2D eigenvalue weighted by Gasteiger charge is 2.19. The van der Waals surface area contributed by atoms with Crippen molar-refractivity contribution in [3.05, 3.63) is 16.1 Å². The monoisotopic (exact) mass is 270 g/mol. The summed E-state index contributed by atoms with van der Waals surface area (Å²) in [6.45, 7) is 9.76. The lowest BCUT2D eigenvalue weighted by Crippen LogP contribution is -2.37. The van der Waals surface area contributed by atoms with Crippen LogP contribution >= 0.6 is 11.3 Å². The second-order valence-corrected chi connectivity index (χ2v) is 6.56. The minimum Gasteiger partial charge on any atom is -0.389 e. The summed E-state index contributed by atoms with van der Waals surface area (Å²) in [6.07, 6.45) is 2.90. The van der Waals surface area contributed by atoms with Gasteiger partial charge < -0.3 is 10.4 Å². The molecule has 0 aliphatic heterocycles. The number of hydrogen-bond donors (Lipinski definition) is 2. The first-order valence-corrected chi connectivity index (χ1v) is 7.67. The summed E-state index contributed by atoms with van der Waals surface area (Å²) >= 11 is 1.71. The fraction of sp³-hybridized carbons (Fsp3) is 0.786. The van der Waals surface area contributed by atoms with Crippen LogP contribution in [0, 0.1) is 5.92 Å². The highest BCUT2D eigenvalue weighted by atomic mass is 32.1. The van der Waals surface area contributed by atoms with Crippen molar-refractivity contribution in [3.63, 3.8) is 0 Å². The first-order valence-electron chi connectivity index (χ1n) is 6.79. The van der Waals surface area contributed by atoms with E-state index in [2.05, 4.69) is 36.5 Å². The van der Waals surface area contributed by atoms with Gasteiger partial charge in [0.1, 0.15) is 0 Å². The summed E-state index contributed by atoms with van der Waals surface area (Å²) in [4.78, 5) is 4.50. The van der Waals surface area contributed by atoms with Gasteiger partial charge in [0.15, 0.2) is 0 Å². The Morgan fingerprint density at radius 3 is 2.78 bits per heavy atom. The van der Waals surface area contributed by atoms with E-state index in [0.717, 1.165) is 31.5 Å². The second-order valence-electron chi connectivity index (χ2n) is 5.62. The summed E-state index contributed by atoms with van der Waals surface area (Å²) < 4.78 is 0. The smallest absolute Gasteiger partial charge is 0.0926 e. The number of rotatable bonds is 8. The topological polar surface area (TPSA) is 45.2 Å². The lowest BCUT2D eigenvalue weighted by molar-refractivity contribution is 0.0450. The van der Waals surface area contributed by atoms with E-state index in [1.807, 2.05) is 6.92 Å². The Labute approximate surface area is 115 Å². The van der Waals surface area contributed by atoms with Gasteiger partial charge in [0.25, 0.3) is 0 Å². The van der Waals surface area contributed by atoms with E-state index in [9.17, 15) is 5.11 Å². The fourth-order valence-corrected chi connectivity index (χ4v) is 2.49. The van der Waals surface area contributed by atoms with Gasteiger partial charge in [-0.1, -0.05) is 20.8 Å². The third-order valence-electron chi connectivity index (χ3n) is 2.97. The first kappa shape index (κ1) is 15.6. The van der Waals surface area contributed by atoms with E-state index in [4.69, 9.17) is 0 Å². The summed E-state index contributed by atoms with van der Waals surface area (Å²) in [7, 11) is 0. The van der Waals surface area contributed by atoms with Crippen molar-refractivity contribution in [2.45, 2.75) is 59.1 Å². The van der Waals surface area contributed by atoms with Gasteiger partial charge in [-0.15, -0.1) is 11.3 Å². The number of hydrogen-bond acceptors (Lipinski definition) is 4. The molecule has 1 rings (SSSR count). The molecule has 3 nitrogen and oxygen atoms in total. The Bertz CT molecular complexity index is 347. The summed E-state index contributed by atoms with van der Waals surface area (Å²) in [5.74, 6) is 0.641. The van der Waals surface area contributed by atoms with Crippen LogP contribution in [0.15, 0.2) is 5.38 Å². The molecule has 0 saturated carbocycles. The molecule has 0 spiro atoms. The number of aliphatic hydroxyl groups is 1. The Morgan fingerprint density at radius 1 is 1.50 bits per heavy atom. The zero-order valence-electron chi connectivity index (χ0n) is 12.0. The van der Waals surface area contributed by atoms with Crippen molar-refractivity contribution in [2.24, 2.45) is 5.92 Å². The molecule has 0 aromatic carbocycles. The molecule has 1 unspecified atom stereocenters. The molecule has 4 heteroatoms. The zero-order chi connectivity index (χ0) is 13.6. The molecule has 0 bridgehead atoms. The van der Waals surface area contributed by atoms with Gasteiger partial charge in [-0.05, 0) is 32.1 Å². The maximum absolute atomic E-state index is 10.2. The van der Waals surface area contributed by atoms with Crippen LogP contribution in [-0.4, -0.2) is 22.2 Å². The molecule has 1 aromatic heterocycles.